The van der Waals surface area contributed by atoms with Gasteiger partial charge in [-0.15, -0.1) is 0 Å². The van der Waals surface area contributed by atoms with Crippen LogP contribution in [0, 0.1) is 11.6 Å². The first kappa shape index (κ1) is 15.2. The Labute approximate surface area is 109 Å². The van der Waals surface area contributed by atoms with Crippen LogP contribution in [0.1, 0.15) is 13.3 Å². The van der Waals surface area contributed by atoms with Crippen LogP contribution in [0.3, 0.4) is 0 Å². The van der Waals surface area contributed by atoms with Gasteiger partial charge in [-0.1, -0.05) is 0 Å². The van der Waals surface area contributed by atoms with Crippen molar-refractivity contribution in [2.45, 2.75) is 19.4 Å². The highest BCUT2D eigenvalue weighted by molar-refractivity contribution is 5.89. The topological polar surface area (TPSA) is 70.6 Å². The van der Waals surface area contributed by atoms with E-state index >= 15 is 0 Å². The predicted molar refractivity (Wildman–Crippen MR) is 66.2 cm³/mol. The number of ether oxygens (including phenoxy) is 1. The number of hydrogen-bond acceptors (Lipinski definition) is 3. The minimum atomic E-state index is -0.901. The number of rotatable bonds is 5. The fraction of sp³-hybridized carbons (Fsp3) is 0.417. The van der Waals surface area contributed by atoms with Crippen molar-refractivity contribution in [3.05, 3.63) is 23.8 Å². The molecule has 1 atom stereocenters. The highest BCUT2D eigenvalue weighted by Gasteiger charge is 2.12. The highest BCUT2D eigenvalue weighted by Crippen LogP contribution is 2.25. The van der Waals surface area contributed by atoms with Crippen molar-refractivity contribution in [2.24, 2.45) is 0 Å². The molecule has 0 bridgehead atoms. The number of carbonyl (C=O) groups excluding carboxylic acids is 1. The van der Waals surface area contributed by atoms with E-state index in [0.717, 1.165) is 19.2 Å². The lowest BCUT2D eigenvalue weighted by Gasteiger charge is -2.10. The minimum Gasteiger partial charge on any atom is -0.491 e. The minimum absolute atomic E-state index is 0.0228. The molecule has 1 unspecified atom stereocenters. The van der Waals surface area contributed by atoms with Crippen LogP contribution in [0.25, 0.3) is 0 Å². The number of methoxy groups -OCH3 is 1. The first-order valence-electron chi connectivity index (χ1n) is 5.70. The summed E-state index contributed by atoms with van der Waals surface area (Å²) in [6.45, 7) is 1.85. The van der Waals surface area contributed by atoms with Crippen LogP contribution in [0.15, 0.2) is 12.1 Å². The molecule has 7 heteroatoms. The molecule has 0 fully saturated rings. The van der Waals surface area contributed by atoms with E-state index in [1.807, 2.05) is 0 Å². The van der Waals surface area contributed by atoms with Crippen molar-refractivity contribution in [2.75, 3.05) is 19.0 Å². The molecule has 0 saturated carbocycles. The molecule has 0 aromatic heterocycles. The van der Waals surface area contributed by atoms with Gasteiger partial charge in [0.1, 0.15) is 0 Å². The van der Waals surface area contributed by atoms with E-state index in [1.165, 1.54) is 0 Å². The molecule has 5 nitrogen and oxygen atoms in total. The predicted octanol–water partition coefficient (Wildman–Crippen LogP) is 1.87. The molecule has 0 spiro atoms. The number of halogens is 2. The maximum absolute atomic E-state index is 13.3. The van der Waals surface area contributed by atoms with Gasteiger partial charge in [-0.2, -0.15) is 0 Å². The number of urea groups is 1. The van der Waals surface area contributed by atoms with E-state index in [9.17, 15) is 13.6 Å². The molecule has 106 valence electrons. The third kappa shape index (κ3) is 4.70. The van der Waals surface area contributed by atoms with Crippen molar-refractivity contribution >= 4 is 11.7 Å². The Hall–Kier alpha value is -1.89. The summed E-state index contributed by atoms with van der Waals surface area (Å²) < 4.78 is 31.2. The van der Waals surface area contributed by atoms with Gasteiger partial charge in [-0.25, -0.2) is 13.6 Å². The zero-order valence-electron chi connectivity index (χ0n) is 10.7. The summed E-state index contributed by atoms with van der Waals surface area (Å²) in [5, 5.41) is 13.7. The molecule has 0 radical (unpaired) electrons. The van der Waals surface area contributed by atoms with Crippen LogP contribution in [-0.2, 0) is 0 Å². The molecule has 0 heterocycles. The van der Waals surface area contributed by atoms with Crippen LogP contribution >= 0.6 is 0 Å². The van der Waals surface area contributed by atoms with Crippen molar-refractivity contribution in [3.63, 3.8) is 0 Å². The zero-order chi connectivity index (χ0) is 14.4. The molecule has 3 N–H and O–H groups in total. The van der Waals surface area contributed by atoms with E-state index in [2.05, 4.69) is 15.4 Å². The lowest BCUT2D eigenvalue weighted by molar-refractivity contribution is 0.184. The van der Waals surface area contributed by atoms with Crippen LogP contribution in [0.2, 0.25) is 0 Å². The average molecular weight is 274 g/mol. The van der Waals surface area contributed by atoms with Gasteiger partial charge in [-0.05, 0) is 13.3 Å². The molecule has 2 amide bonds. The number of anilines is 1. The lowest BCUT2D eigenvalue weighted by atomic mass is 10.2. The summed E-state index contributed by atoms with van der Waals surface area (Å²) in [6, 6.07) is 1.30. The molecule has 0 aliphatic carbocycles. The molecule has 0 saturated heterocycles. The smallest absolute Gasteiger partial charge is 0.319 e. The van der Waals surface area contributed by atoms with E-state index in [1.54, 1.807) is 6.92 Å². The molecular weight excluding hydrogens is 258 g/mol. The number of benzene rings is 1. The first-order valence-corrected chi connectivity index (χ1v) is 5.70. The standard InChI is InChI=1S/C12H16F2N2O3/c1-7(17)3-4-15-12(18)16-8-5-9(13)11(19-2)10(14)6-8/h5-7,17H,3-4H2,1-2H3,(H2,15,16,18). The number of aliphatic hydroxyl groups is 1. The van der Waals surface area contributed by atoms with Gasteiger partial charge in [0, 0.05) is 24.4 Å². The molecule has 0 aliphatic heterocycles. The summed E-state index contributed by atoms with van der Waals surface area (Å²) >= 11 is 0. The molecule has 1 rings (SSSR count). The lowest BCUT2D eigenvalue weighted by Crippen LogP contribution is -2.31. The summed E-state index contributed by atoms with van der Waals surface area (Å²) in [7, 11) is 1.15. The van der Waals surface area contributed by atoms with E-state index in [0.29, 0.717) is 6.42 Å². The Morgan fingerprint density at radius 3 is 2.47 bits per heavy atom. The van der Waals surface area contributed by atoms with E-state index < -0.39 is 29.5 Å². The second-order valence-electron chi connectivity index (χ2n) is 3.99. The zero-order valence-corrected chi connectivity index (χ0v) is 10.7. The number of hydrogen-bond donors (Lipinski definition) is 3. The van der Waals surface area contributed by atoms with Crippen LogP contribution in [0.4, 0.5) is 19.3 Å². The summed E-state index contributed by atoms with van der Waals surface area (Å²) in [4.78, 5) is 11.4. The fourth-order valence-electron chi connectivity index (χ4n) is 1.40. The van der Waals surface area contributed by atoms with E-state index in [4.69, 9.17) is 5.11 Å². The number of carbonyl (C=O) groups is 1. The van der Waals surface area contributed by atoms with Gasteiger partial charge >= 0.3 is 6.03 Å². The quantitative estimate of drug-likeness (QED) is 0.767. The molecule has 0 aliphatic rings. The summed E-state index contributed by atoms with van der Waals surface area (Å²) in [6.07, 6.45) is -0.144. The Morgan fingerprint density at radius 1 is 1.42 bits per heavy atom. The van der Waals surface area contributed by atoms with Crippen molar-refractivity contribution < 1.29 is 23.4 Å². The Kier molecular flexibility index (Phi) is 5.50. The number of nitrogens with one attached hydrogen (secondary N) is 2. The van der Waals surface area contributed by atoms with Gasteiger partial charge < -0.3 is 20.5 Å². The third-order valence-electron chi connectivity index (χ3n) is 2.31. The second kappa shape index (κ2) is 6.89. The SMILES string of the molecule is COc1c(F)cc(NC(=O)NCCC(C)O)cc1F. The third-order valence-corrected chi connectivity index (χ3v) is 2.31. The molecule has 19 heavy (non-hydrogen) atoms. The van der Waals surface area contributed by atoms with Gasteiger partial charge in [0.25, 0.3) is 0 Å². The highest BCUT2D eigenvalue weighted by atomic mass is 19.1. The largest absolute Gasteiger partial charge is 0.491 e. The van der Waals surface area contributed by atoms with Crippen LogP contribution in [-0.4, -0.2) is 30.9 Å². The summed E-state index contributed by atoms with van der Waals surface area (Å²) in [5.41, 5.74) is -0.0228. The van der Waals surface area contributed by atoms with Crippen molar-refractivity contribution in [1.82, 2.24) is 5.32 Å². The van der Waals surface area contributed by atoms with Crippen molar-refractivity contribution in [3.8, 4) is 5.75 Å². The van der Waals surface area contributed by atoms with E-state index in [-0.39, 0.29) is 12.2 Å². The fourth-order valence-corrected chi connectivity index (χ4v) is 1.40. The number of aliphatic hydroxyl groups excluding tert-OH is 1. The number of amides is 2. The van der Waals surface area contributed by atoms with Crippen LogP contribution < -0.4 is 15.4 Å². The van der Waals surface area contributed by atoms with Gasteiger partial charge in [0.05, 0.1) is 13.2 Å². The van der Waals surface area contributed by atoms with Gasteiger partial charge in [0.15, 0.2) is 17.4 Å². The van der Waals surface area contributed by atoms with Crippen molar-refractivity contribution in [1.29, 1.82) is 0 Å². The van der Waals surface area contributed by atoms with Gasteiger partial charge in [0.2, 0.25) is 0 Å². The summed E-state index contributed by atoms with van der Waals surface area (Å²) in [5.74, 6) is -2.30. The Morgan fingerprint density at radius 2 is 2.00 bits per heavy atom. The first-order chi connectivity index (χ1) is 8.93. The Balaban J connectivity index is 2.60. The molecule has 1 aromatic rings. The van der Waals surface area contributed by atoms with Gasteiger partial charge in [-0.3, -0.25) is 0 Å². The monoisotopic (exact) mass is 274 g/mol. The maximum Gasteiger partial charge on any atom is 0.319 e. The maximum atomic E-state index is 13.3. The average Bonchev–Trinajstić information content (AvgIpc) is 2.27. The molecular formula is C12H16F2N2O3. The Bertz CT molecular complexity index is 430. The second-order valence-corrected chi connectivity index (χ2v) is 3.99. The normalized spacial score (nSPS) is 11.8. The van der Waals surface area contributed by atoms with Crippen LogP contribution in [0.5, 0.6) is 5.75 Å². The molecule has 1 aromatic carbocycles.